The van der Waals surface area contributed by atoms with Crippen molar-refractivity contribution in [2.24, 2.45) is 5.73 Å². The summed E-state index contributed by atoms with van der Waals surface area (Å²) in [6.07, 6.45) is 0. The molecule has 0 aliphatic rings. The number of carbonyl (C=O) groups is 1. The zero-order chi connectivity index (χ0) is 10.0. The Morgan fingerprint density at radius 1 is 1.62 bits per heavy atom. The Kier molecular flexibility index (Phi) is 2.88. The minimum atomic E-state index is -0.505. The van der Waals surface area contributed by atoms with Gasteiger partial charge in [0.25, 0.3) is 0 Å². The smallest absolute Gasteiger partial charge is 0.248 e. The van der Waals surface area contributed by atoms with E-state index < -0.39 is 5.91 Å². The summed E-state index contributed by atoms with van der Waals surface area (Å²) in [6, 6.07) is 5.21. The third kappa shape index (κ3) is 1.98. The highest BCUT2D eigenvalue weighted by atomic mass is 127. The van der Waals surface area contributed by atoms with Crippen LogP contribution in [0, 0.1) is 21.8 Å². The number of rotatable bonds is 1. The number of halogens is 1. The standard InChI is InChI=1S/C9H7IN2O/c1-5-7(4-11)2-6(9(12)13)3-8(5)10/h2-3H,1H3,(H2,12,13). The molecule has 3 nitrogen and oxygen atoms in total. The molecule has 0 heterocycles. The van der Waals surface area contributed by atoms with Crippen molar-refractivity contribution in [3.8, 4) is 6.07 Å². The van der Waals surface area contributed by atoms with Gasteiger partial charge in [-0.25, -0.2) is 0 Å². The molecule has 66 valence electrons. The molecule has 0 atom stereocenters. The van der Waals surface area contributed by atoms with E-state index in [-0.39, 0.29) is 0 Å². The molecule has 0 unspecified atom stereocenters. The molecule has 1 aromatic carbocycles. The Bertz CT molecular complexity index is 407. The van der Waals surface area contributed by atoms with Crippen molar-refractivity contribution in [3.05, 3.63) is 32.4 Å². The fraction of sp³-hybridized carbons (Fsp3) is 0.111. The van der Waals surface area contributed by atoms with E-state index in [0.29, 0.717) is 11.1 Å². The monoisotopic (exact) mass is 286 g/mol. The fourth-order valence-electron chi connectivity index (χ4n) is 0.937. The Labute approximate surface area is 89.7 Å². The lowest BCUT2D eigenvalue weighted by Gasteiger charge is -2.02. The average molecular weight is 286 g/mol. The van der Waals surface area contributed by atoms with Gasteiger partial charge >= 0.3 is 0 Å². The molecule has 0 radical (unpaired) electrons. The van der Waals surface area contributed by atoms with Crippen molar-refractivity contribution in [2.45, 2.75) is 6.92 Å². The average Bonchev–Trinajstić information content (AvgIpc) is 2.09. The first-order valence-corrected chi connectivity index (χ1v) is 4.64. The topological polar surface area (TPSA) is 66.9 Å². The van der Waals surface area contributed by atoms with Gasteiger partial charge in [0.05, 0.1) is 11.6 Å². The number of hydrogen-bond acceptors (Lipinski definition) is 2. The minimum absolute atomic E-state index is 0.381. The molecule has 1 rings (SSSR count). The summed E-state index contributed by atoms with van der Waals surface area (Å²) in [7, 11) is 0. The third-order valence-electron chi connectivity index (χ3n) is 1.75. The summed E-state index contributed by atoms with van der Waals surface area (Å²) >= 11 is 2.07. The first-order valence-electron chi connectivity index (χ1n) is 3.56. The lowest BCUT2D eigenvalue weighted by molar-refractivity contribution is 0.1000. The minimum Gasteiger partial charge on any atom is -0.366 e. The number of primary amides is 1. The molecule has 0 saturated heterocycles. The van der Waals surface area contributed by atoms with Crippen LogP contribution in [0.15, 0.2) is 12.1 Å². The van der Waals surface area contributed by atoms with Gasteiger partial charge in [0.15, 0.2) is 0 Å². The number of amides is 1. The molecule has 0 saturated carbocycles. The maximum absolute atomic E-state index is 10.8. The van der Waals surface area contributed by atoms with E-state index in [0.717, 1.165) is 9.13 Å². The first kappa shape index (κ1) is 9.99. The van der Waals surface area contributed by atoms with Crippen molar-refractivity contribution in [1.29, 1.82) is 5.26 Å². The summed E-state index contributed by atoms with van der Waals surface area (Å²) in [5.41, 5.74) is 6.87. The molecule has 0 spiro atoms. The number of benzene rings is 1. The van der Waals surface area contributed by atoms with Crippen LogP contribution < -0.4 is 5.73 Å². The number of nitrogens with two attached hydrogens (primary N) is 1. The predicted molar refractivity (Wildman–Crippen MR) is 57.1 cm³/mol. The molecular weight excluding hydrogens is 279 g/mol. The summed E-state index contributed by atoms with van der Waals surface area (Å²) in [5, 5.41) is 8.74. The van der Waals surface area contributed by atoms with Gasteiger partial charge in [-0.15, -0.1) is 0 Å². The summed E-state index contributed by atoms with van der Waals surface area (Å²) < 4.78 is 0.880. The van der Waals surface area contributed by atoms with E-state index in [1.54, 1.807) is 6.07 Å². The van der Waals surface area contributed by atoms with E-state index in [9.17, 15) is 4.79 Å². The van der Waals surface area contributed by atoms with Gasteiger partial charge in [-0.1, -0.05) is 0 Å². The van der Waals surface area contributed by atoms with Crippen LogP contribution in [0.2, 0.25) is 0 Å². The van der Waals surface area contributed by atoms with Crippen molar-refractivity contribution < 1.29 is 4.79 Å². The van der Waals surface area contributed by atoms with Crippen LogP contribution in [-0.4, -0.2) is 5.91 Å². The highest BCUT2D eigenvalue weighted by Gasteiger charge is 2.07. The van der Waals surface area contributed by atoms with E-state index in [1.807, 2.05) is 13.0 Å². The second-order valence-electron chi connectivity index (χ2n) is 2.61. The molecule has 2 N–H and O–H groups in total. The van der Waals surface area contributed by atoms with Crippen LogP contribution in [0.1, 0.15) is 21.5 Å². The van der Waals surface area contributed by atoms with Crippen molar-refractivity contribution in [3.63, 3.8) is 0 Å². The third-order valence-corrected chi connectivity index (χ3v) is 2.87. The fourth-order valence-corrected chi connectivity index (χ4v) is 1.56. The summed E-state index contributed by atoms with van der Waals surface area (Å²) in [6.45, 7) is 1.84. The molecule has 1 aromatic rings. The number of nitrogens with zero attached hydrogens (tertiary/aromatic N) is 1. The largest absolute Gasteiger partial charge is 0.366 e. The Morgan fingerprint density at radius 3 is 2.69 bits per heavy atom. The molecule has 4 heteroatoms. The molecular formula is C9H7IN2O. The molecule has 0 aromatic heterocycles. The van der Waals surface area contributed by atoms with Gasteiger partial charge in [-0.2, -0.15) is 5.26 Å². The van der Waals surface area contributed by atoms with Gasteiger partial charge in [-0.05, 0) is 47.2 Å². The van der Waals surface area contributed by atoms with Crippen molar-refractivity contribution in [1.82, 2.24) is 0 Å². The molecule has 1 amide bonds. The normalized spacial score (nSPS) is 9.31. The summed E-state index contributed by atoms with van der Waals surface area (Å²) in [4.78, 5) is 10.8. The zero-order valence-electron chi connectivity index (χ0n) is 6.97. The quantitative estimate of drug-likeness (QED) is 0.796. The Hall–Kier alpha value is -1.09. The number of hydrogen-bond donors (Lipinski definition) is 1. The van der Waals surface area contributed by atoms with Crippen molar-refractivity contribution in [2.75, 3.05) is 0 Å². The van der Waals surface area contributed by atoms with Gasteiger partial charge in [0, 0.05) is 9.13 Å². The highest BCUT2D eigenvalue weighted by molar-refractivity contribution is 14.1. The second kappa shape index (κ2) is 3.75. The van der Waals surface area contributed by atoms with E-state index in [1.165, 1.54) is 6.07 Å². The molecule has 0 bridgehead atoms. The van der Waals surface area contributed by atoms with Crippen LogP contribution in [0.3, 0.4) is 0 Å². The predicted octanol–water partition coefficient (Wildman–Crippen LogP) is 1.57. The lowest BCUT2D eigenvalue weighted by atomic mass is 10.1. The van der Waals surface area contributed by atoms with Gasteiger partial charge < -0.3 is 5.73 Å². The van der Waals surface area contributed by atoms with Gasteiger partial charge in [0.2, 0.25) is 5.91 Å². The van der Waals surface area contributed by atoms with E-state index >= 15 is 0 Å². The summed E-state index contributed by atoms with van der Waals surface area (Å²) in [5.74, 6) is -0.505. The van der Waals surface area contributed by atoms with E-state index in [4.69, 9.17) is 11.0 Å². The zero-order valence-corrected chi connectivity index (χ0v) is 9.12. The Balaban J connectivity index is 3.41. The van der Waals surface area contributed by atoms with Crippen LogP contribution in [-0.2, 0) is 0 Å². The van der Waals surface area contributed by atoms with Crippen LogP contribution in [0.25, 0.3) is 0 Å². The Morgan fingerprint density at radius 2 is 2.23 bits per heavy atom. The van der Waals surface area contributed by atoms with Crippen LogP contribution >= 0.6 is 22.6 Å². The highest BCUT2D eigenvalue weighted by Crippen LogP contribution is 2.17. The van der Waals surface area contributed by atoms with Gasteiger partial charge in [0.1, 0.15) is 0 Å². The first-order chi connectivity index (χ1) is 6.06. The maximum Gasteiger partial charge on any atom is 0.248 e. The van der Waals surface area contributed by atoms with E-state index in [2.05, 4.69) is 22.6 Å². The maximum atomic E-state index is 10.8. The lowest BCUT2D eigenvalue weighted by Crippen LogP contribution is -2.11. The van der Waals surface area contributed by atoms with Crippen molar-refractivity contribution >= 4 is 28.5 Å². The number of nitriles is 1. The van der Waals surface area contributed by atoms with Crippen LogP contribution in [0.5, 0.6) is 0 Å². The van der Waals surface area contributed by atoms with Gasteiger partial charge in [-0.3, -0.25) is 4.79 Å². The second-order valence-corrected chi connectivity index (χ2v) is 3.77. The van der Waals surface area contributed by atoms with Crippen LogP contribution in [0.4, 0.5) is 0 Å². The SMILES string of the molecule is Cc1c(I)cc(C(N)=O)cc1C#N. The molecule has 0 aliphatic heterocycles. The molecule has 13 heavy (non-hydrogen) atoms. The molecule has 0 aliphatic carbocycles. The molecule has 0 fully saturated rings. The number of carbonyl (C=O) groups excluding carboxylic acids is 1.